The molecule has 4 atom stereocenters. The minimum absolute atomic E-state index is 0.0854. The molecule has 0 radical (unpaired) electrons. The fourth-order valence-corrected chi connectivity index (χ4v) is 11.4. The van der Waals surface area contributed by atoms with Gasteiger partial charge in [0.05, 0.1) is 43.9 Å². The topological polar surface area (TPSA) is 158 Å². The standard InChI is InChI=1S/C52H63N7O6/c1-30(2)45(56-50(62)64-5)48(60)58-23-9-11-43(58)41-26-35-25-34(17-20-40(35)54-41)32-13-15-33(16-14-32)36-18-19-37(39-28-52(27-38(36)39)21-7-8-22-52)42-29-53-47(55-42)44-12-10-24-59(44)49(61)46(31(3)4)57-51(63)65-6/h13-20,25,29-31,43-46H,7-12,21-24,26-28H2,1-6H3,(H,53,55)(H,56,62)(H,57,63)/t43-,44-,45-,46-/m0/s1. The Kier molecular flexibility index (Phi) is 12.3. The van der Waals surface area contributed by atoms with Crippen molar-refractivity contribution in [2.24, 2.45) is 22.2 Å². The van der Waals surface area contributed by atoms with E-state index in [-0.39, 0.29) is 41.1 Å². The van der Waals surface area contributed by atoms with Gasteiger partial charge in [0.2, 0.25) is 11.8 Å². The molecule has 2 aliphatic carbocycles. The van der Waals surface area contributed by atoms with E-state index in [1.165, 1.54) is 67.7 Å². The number of rotatable bonds is 11. The first-order chi connectivity index (χ1) is 31.4. The Bertz CT molecular complexity index is 2500. The van der Waals surface area contributed by atoms with Crippen LogP contribution >= 0.6 is 0 Å². The smallest absolute Gasteiger partial charge is 0.407 e. The molecule has 9 rings (SSSR count). The first-order valence-electron chi connectivity index (χ1n) is 23.7. The van der Waals surface area contributed by atoms with Crippen LogP contribution in [0.5, 0.6) is 0 Å². The zero-order chi connectivity index (χ0) is 45.6. The number of ether oxygens (including phenoxy) is 2. The largest absolute Gasteiger partial charge is 0.453 e. The van der Waals surface area contributed by atoms with Gasteiger partial charge in [0.15, 0.2) is 0 Å². The van der Waals surface area contributed by atoms with Crippen LogP contribution in [0.3, 0.4) is 0 Å². The van der Waals surface area contributed by atoms with E-state index in [9.17, 15) is 19.2 Å². The van der Waals surface area contributed by atoms with Gasteiger partial charge < -0.3 is 34.9 Å². The van der Waals surface area contributed by atoms with E-state index in [1.807, 2.05) is 43.7 Å². The zero-order valence-electron chi connectivity index (χ0n) is 38.7. The second-order valence-electron chi connectivity index (χ2n) is 19.7. The summed E-state index contributed by atoms with van der Waals surface area (Å²) in [5.41, 5.74) is 13.2. The van der Waals surface area contributed by atoms with E-state index in [4.69, 9.17) is 19.5 Å². The number of aliphatic imine (C=N–C) groups is 1. The number of fused-ring (bicyclic) bond motifs is 2. The molecule has 3 N–H and O–H groups in total. The molecule has 3 aliphatic heterocycles. The maximum absolute atomic E-state index is 13.8. The van der Waals surface area contributed by atoms with Crippen LogP contribution in [0, 0.1) is 17.3 Å². The Hall–Kier alpha value is -5.98. The third-order valence-corrected chi connectivity index (χ3v) is 14.9. The second-order valence-corrected chi connectivity index (χ2v) is 19.7. The number of methoxy groups -OCH3 is 2. The highest BCUT2D eigenvalue weighted by Gasteiger charge is 2.43. The number of hydrogen-bond donors (Lipinski definition) is 3. The van der Waals surface area contributed by atoms with Gasteiger partial charge in [-0.2, -0.15) is 0 Å². The molecule has 1 saturated carbocycles. The van der Waals surface area contributed by atoms with Gasteiger partial charge in [0.1, 0.15) is 17.9 Å². The Morgan fingerprint density at radius 3 is 1.88 bits per heavy atom. The van der Waals surface area contributed by atoms with Crippen molar-refractivity contribution in [2.75, 3.05) is 27.3 Å². The van der Waals surface area contributed by atoms with Gasteiger partial charge in [-0.3, -0.25) is 14.6 Å². The van der Waals surface area contributed by atoms with E-state index in [2.05, 4.69) is 70.2 Å². The minimum atomic E-state index is -0.683. The van der Waals surface area contributed by atoms with E-state index in [0.29, 0.717) is 19.5 Å². The normalized spacial score (nSPS) is 20.5. The fraction of sp³-hybridized carbons (Fsp3) is 0.500. The maximum Gasteiger partial charge on any atom is 0.407 e. The zero-order valence-corrected chi connectivity index (χ0v) is 38.7. The predicted octanol–water partition coefficient (Wildman–Crippen LogP) is 9.11. The van der Waals surface area contributed by atoms with Crippen LogP contribution in [0.15, 0.2) is 65.8 Å². The lowest BCUT2D eigenvalue weighted by molar-refractivity contribution is -0.135. The average Bonchev–Trinajstić information content (AvgIpc) is 4.17. The van der Waals surface area contributed by atoms with Crippen LogP contribution in [0.1, 0.15) is 108 Å². The Morgan fingerprint density at radius 2 is 1.26 bits per heavy atom. The van der Waals surface area contributed by atoms with Gasteiger partial charge in [-0.15, -0.1) is 0 Å². The number of aromatic amines is 1. The summed E-state index contributed by atoms with van der Waals surface area (Å²) < 4.78 is 9.65. The number of aromatic nitrogens is 2. The number of hydrogen-bond acceptors (Lipinski definition) is 8. The lowest BCUT2D eigenvalue weighted by atomic mass is 9.82. The third-order valence-electron chi connectivity index (χ3n) is 14.9. The van der Waals surface area contributed by atoms with Gasteiger partial charge in [-0.05, 0) is 120 Å². The van der Waals surface area contributed by atoms with Gasteiger partial charge in [0.25, 0.3) is 0 Å². The van der Waals surface area contributed by atoms with Crippen LogP contribution in [-0.4, -0.2) is 94.9 Å². The summed E-state index contributed by atoms with van der Waals surface area (Å²) in [6.07, 6.45) is 12.0. The monoisotopic (exact) mass is 881 g/mol. The lowest BCUT2D eigenvalue weighted by Crippen LogP contribution is -2.53. The highest BCUT2D eigenvalue weighted by atomic mass is 16.5. The molecule has 0 bridgehead atoms. The Morgan fingerprint density at radius 1 is 0.708 bits per heavy atom. The number of H-pyrrole nitrogens is 1. The molecule has 1 spiro atoms. The number of nitrogens with zero attached hydrogens (tertiary/aromatic N) is 4. The molecule has 4 aromatic rings. The van der Waals surface area contributed by atoms with Crippen LogP contribution in [-0.2, 0) is 38.3 Å². The summed E-state index contributed by atoms with van der Waals surface area (Å²) in [5, 5.41) is 5.50. The molecule has 1 aromatic heterocycles. The SMILES string of the molecule is COC(=O)N[C@H](C(=O)N1CCC[C@H]1C1=Nc2ccc(-c3ccc(-c4ccc(-c5cnc([C@@H]6CCCN6C(=O)[C@@H](NC(=O)OC)C(C)C)[nH]5)c5c4CC4(CCCC4)C5)cc3)cc2C1)C(C)C. The van der Waals surface area contributed by atoms with Gasteiger partial charge in [-0.1, -0.05) is 83.0 Å². The molecule has 13 nitrogen and oxygen atoms in total. The first kappa shape index (κ1) is 44.2. The lowest BCUT2D eigenvalue weighted by Gasteiger charge is -2.30. The summed E-state index contributed by atoms with van der Waals surface area (Å²) in [6, 6.07) is 18.4. The van der Waals surface area contributed by atoms with Crippen molar-refractivity contribution in [1.29, 1.82) is 0 Å². The minimum Gasteiger partial charge on any atom is -0.453 e. The third kappa shape index (κ3) is 8.54. The van der Waals surface area contributed by atoms with Crippen molar-refractivity contribution in [2.45, 2.75) is 122 Å². The summed E-state index contributed by atoms with van der Waals surface area (Å²) in [7, 11) is 2.62. The van der Waals surface area contributed by atoms with Crippen LogP contribution in [0.4, 0.5) is 15.3 Å². The summed E-state index contributed by atoms with van der Waals surface area (Å²) >= 11 is 0. The van der Waals surface area contributed by atoms with Gasteiger partial charge in [0, 0.05) is 30.8 Å². The average molecular weight is 882 g/mol. The molecule has 2 saturated heterocycles. The van der Waals surface area contributed by atoms with Crippen LogP contribution in [0.25, 0.3) is 33.5 Å². The molecule has 5 aliphatic rings. The molecule has 65 heavy (non-hydrogen) atoms. The highest BCUT2D eigenvalue weighted by Crippen LogP contribution is 2.53. The van der Waals surface area contributed by atoms with Crippen LogP contribution < -0.4 is 10.6 Å². The molecule has 3 fully saturated rings. The predicted molar refractivity (Wildman–Crippen MR) is 251 cm³/mol. The number of amides is 4. The summed E-state index contributed by atoms with van der Waals surface area (Å²) in [6.45, 7) is 8.98. The number of benzene rings is 3. The Labute approximate surface area is 382 Å². The van der Waals surface area contributed by atoms with Gasteiger partial charge >= 0.3 is 12.2 Å². The molecule has 4 heterocycles. The maximum atomic E-state index is 13.8. The number of carbonyl (C=O) groups is 4. The number of likely N-dealkylation sites (tertiary alicyclic amines) is 2. The second kappa shape index (κ2) is 18.1. The van der Waals surface area contributed by atoms with Crippen molar-refractivity contribution in [3.8, 4) is 33.5 Å². The van der Waals surface area contributed by atoms with Crippen molar-refractivity contribution < 1.29 is 28.7 Å². The van der Waals surface area contributed by atoms with Gasteiger partial charge in [-0.25, -0.2) is 14.6 Å². The molecular formula is C52H63N7O6. The van der Waals surface area contributed by atoms with Crippen molar-refractivity contribution in [1.82, 2.24) is 30.4 Å². The van der Waals surface area contributed by atoms with Crippen LogP contribution in [0.2, 0.25) is 0 Å². The van der Waals surface area contributed by atoms with E-state index >= 15 is 0 Å². The van der Waals surface area contributed by atoms with E-state index in [0.717, 1.165) is 78.1 Å². The summed E-state index contributed by atoms with van der Waals surface area (Å²) in [5.74, 6) is 0.395. The first-order valence-corrected chi connectivity index (χ1v) is 23.7. The van der Waals surface area contributed by atoms with E-state index in [1.54, 1.807) is 0 Å². The highest BCUT2D eigenvalue weighted by molar-refractivity contribution is 6.01. The van der Waals surface area contributed by atoms with Crippen molar-refractivity contribution in [3.63, 3.8) is 0 Å². The summed E-state index contributed by atoms with van der Waals surface area (Å²) in [4.78, 5) is 69.2. The fourth-order valence-electron chi connectivity index (χ4n) is 11.4. The number of imidazole rings is 1. The number of nitrogens with one attached hydrogen (secondary N) is 3. The molecule has 342 valence electrons. The number of carbonyl (C=O) groups excluding carboxylic acids is 4. The quantitative estimate of drug-likeness (QED) is 0.136. The van der Waals surface area contributed by atoms with Crippen molar-refractivity contribution >= 4 is 35.4 Å². The number of alkyl carbamates (subject to hydrolysis) is 2. The molecule has 0 unspecified atom stereocenters. The van der Waals surface area contributed by atoms with E-state index < -0.39 is 24.3 Å². The van der Waals surface area contributed by atoms with Crippen molar-refractivity contribution in [3.05, 3.63) is 83.3 Å². The molecule has 13 heteroatoms. The molecule has 4 amide bonds. The molecule has 3 aromatic carbocycles. The molecular weight excluding hydrogens is 819 g/mol. The Balaban J connectivity index is 0.932.